The maximum absolute atomic E-state index is 13.5. The number of nitrogens with zero attached hydrogens (tertiary/aromatic N) is 3. The van der Waals surface area contributed by atoms with Gasteiger partial charge in [0.05, 0.1) is 36.8 Å². The number of aliphatic hydroxyl groups excluding tert-OH is 1. The Balaban J connectivity index is 1.48. The van der Waals surface area contributed by atoms with E-state index in [-0.39, 0.29) is 24.3 Å². The average Bonchev–Trinajstić information content (AvgIpc) is 3.18. The first-order valence-corrected chi connectivity index (χ1v) is 9.22. The lowest BCUT2D eigenvalue weighted by atomic mass is 9.98. The van der Waals surface area contributed by atoms with Crippen LogP contribution in [0.5, 0.6) is 0 Å². The van der Waals surface area contributed by atoms with E-state index in [0.29, 0.717) is 43.0 Å². The Labute approximate surface area is 156 Å². The zero-order chi connectivity index (χ0) is 18.8. The Bertz CT molecular complexity index is 806. The van der Waals surface area contributed by atoms with Crippen molar-refractivity contribution in [2.75, 3.05) is 39.4 Å². The van der Waals surface area contributed by atoms with E-state index in [2.05, 4.69) is 15.1 Å². The number of piperidine rings is 1. The van der Waals surface area contributed by atoms with Crippen molar-refractivity contribution in [1.82, 2.24) is 20.0 Å². The minimum Gasteiger partial charge on any atom is -0.390 e. The highest BCUT2D eigenvalue weighted by atomic mass is 19.1. The molecule has 3 heterocycles. The highest BCUT2D eigenvalue weighted by Gasteiger charge is 2.35. The first-order valence-electron chi connectivity index (χ1n) is 9.22. The Morgan fingerprint density at radius 2 is 2.11 bits per heavy atom. The molecule has 7 nitrogen and oxygen atoms in total. The molecule has 2 fully saturated rings. The zero-order valence-corrected chi connectivity index (χ0v) is 15.0. The van der Waals surface area contributed by atoms with Crippen molar-refractivity contribution < 1.29 is 19.0 Å². The molecule has 144 valence electrons. The second kappa shape index (κ2) is 7.75. The van der Waals surface area contributed by atoms with Gasteiger partial charge in [0.1, 0.15) is 5.82 Å². The molecule has 2 saturated heterocycles. The third kappa shape index (κ3) is 3.73. The summed E-state index contributed by atoms with van der Waals surface area (Å²) in [5, 5.41) is 17.4. The van der Waals surface area contributed by atoms with E-state index in [0.717, 1.165) is 13.1 Å². The van der Waals surface area contributed by atoms with E-state index < -0.39 is 6.10 Å². The van der Waals surface area contributed by atoms with Crippen LogP contribution in [0.3, 0.4) is 0 Å². The second-order valence-electron chi connectivity index (χ2n) is 6.99. The largest absolute Gasteiger partial charge is 0.390 e. The fraction of sp³-hybridized carbons (Fsp3) is 0.474. The van der Waals surface area contributed by atoms with Crippen molar-refractivity contribution in [1.29, 1.82) is 0 Å². The molecule has 0 saturated carbocycles. The van der Waals surface area contributed by atoms with Gasteiger partial charge in [0.25, 0.3) is 5.91 Å². The van der Waals surface area contributed by atoms with Gasteiger partial charge in [-0.3, -0.25) is 14.8 Å². The first-order chi connectivity index (χ1) is 13.1. The van der Waals surface area contributed by atoms with Crippen LogP contribution in [0.15, 0.2) is 30.5 Å². The number of carbonyl (C=O) groups is 1. The summed E-state index contributed by atoms with van der Waals surface area (Å²) < 4.78 is 18.9. The van der Waals surface area contributed by atoms with Crippen molar-refractivity contribution in [2.24, 2.45) is 0 Å². The summed E-state index contributed by atoms with van der Waals surface area (Å²) >= 11 is 0. The van der Waals surface area contributed by atoms with Crippen molar-refractivity contribution in [3.05, 3.63) is 41.8 Å². The molecule has 2 atom stereocenters. The Kier molecular flexibility index (Phi) is 5.20. The number of H-pyrrole nitrogens is 1. The standard InChI is InChI=1S/C19H23FN4O3/c20-14-3-1-2-13(10-14)18-15(11-21-22-18)19(26)24-5-4-16(17(25)12-24)23-6-8-27-9-7-23/h1-3,10-11,16-17,25H,4-9,12H2,(H,21,22)/t16-,17-/m1/s1. The first kappa shape index (κ1) is 18.1. The third-order valence-electron chi connectivity index (χ3n) is 5.33. The van der Waals surface area contributed by atoms with Gasteiger partial charge in [0, 0.05) is 37.8 Å². The lowest BCUT2D eigenvalue weighted by Crippen LogP contribution is -2.57. The van der Waals surface area contributed by atoms with Gasteiger partial charge in [-0.15, -0.1) is 0 Å². The molecule has 2 aromatic rings. The van der Waals surface area contributed by atoms with Gasteiger partial charge in [0.15, 0.2) is 0 Å². The molecule has 2 aliphatic rings. The number of likely N-dealkylation sites (tertiary alicyclic amines) is 1. The molecule has 2 aliphatic heterocycles. The Morgan fingerprint density at radius 3 is 2.85 bits per heavy atom. The van der Waals surface area contributed by atoms with E-state index in [4.69, 9.17) is 4.74 Å². The highest BCUT2D eigenvalue weighted by molar-refractivity contribution is 5.99. The number of β-amino-alcohol motifs (C(OH)–C–C–N with tert-alkyl or cyclic N) is 1. The molecule has 8 heteroatoms. The van der Waals surface area contributed by atoms with Crippen LogP contribution < -0.4 is 0 Å². The number of hydrogen-bond donors (Lipinski definition) is 2. The van der Waals surface area contributed by atoms with Gasteiger partial charge in [0.2, 0.25) is 0 Å². The topological polar surface area (TPSA) is 81.7 Å². The van der Waals surface area contributed by atoms with Crippen LogP contribution in [0.2, 0.25) is 0 Å². The summed E-state index contributed by atoms with van der Waals surface area (Å²) in [7, 11) is 0. The number of amides is 1. The molecule has 1 amide bonds. The number of morpholine rings is 1. The number of benzene rings is 1. The van der Waals surface area contributed by atoms with Crippen molar-refractivity contribution in [3.63, 3.8) is 0 Å². The molecule has 0 radical (unpaired) electrons. The monoisotopic (exact) mass is 374 g/mol. The molecule has 2 N–H and O–H groups in total. The van der Waals surface area contributed by atoms with Crippen LogP contribution in [0.1, 0.15) is 16.8 Å². The Hall–Kier alpha value is -2.29. The summed E-state index contributed by atoms with van der Waals surface area (Å²) in [4.78, 5) is 16.9. The SMILES string of the molecule is O=C(c1cn[nH]c1-c1cccc(F)c1)N1CC[C@@H](N2CCOCC2)[C@H](O)C1. The molecule has 1 aromatic carbocycles. The molecule has 27 heavy (non-hydrogen) atoms. The van der Waals surface area contributed by atoms with E-state index >= 15 is 0 Å². The zero-order valence-electron chi connectivity index (χ0n) is 15.0. The predicted molar refractivity (Wildman–Crippen MR) is 96.7 cm³/mol. The smallest absolute Gasteiger partial charge is 0.257 e. The number of rotatable bonds is 3. The highest BCUT2D eigenvalue weighted by Crippen LogP contribution is 2.25. The number of carbonyl (C=O) groups excluding carboxylic acids is 1. The number of hydrogen-bond acceptors (Lipinski definition) is 5. The summed E-state index contributed by atoms with van der Waals surface area (Å²) in [5.74, 6) is -0.579. The second-order valence-corrected chi connectivity index (χ2v) is 6.99. The summed E-state index contributed by atoms with van der Waals surface area (Å²) in [6.45, 7) is 3.80. The number of aromatic nitrogens is 2. The van der Waals surface area contributed by atoms with Crippen molar-refractivity contribution in [2.45, 2.75) is 18.6 Å². The van der Waals surface area contributed by atoms with Crippen LogP contribution in [-0.4, -0.2) is 82.5 Å². The van der Waals surface area contributed by atoms with E-state index in [1.54, 1.807) is 17.0 Å². The number of halogens is 1. The van der Waals surface area contributed by atoms with E-state index in [1.807, 2.05) is 0 Å². The minimum absolute atomic E-state index is 0.0463. The van der Waals surface area contributed by atoms with Gasteiger partial charge in [-0.25, -0.2) is 4.39 Å². The van der Waals surface area contributed by atoms with Gasteiger partial charge < -0.3 is 14.7 Å². The normalized spacial score (nSPS) is 24.1. The fourth-order valence-electron chi connectivity index (χ4n) is 3.92. The summed E-state index contributed by atoms with van der Waals surface area (Å²) in [6.07, 6.45) is 1.56. The molecular weight excluding hydrogens is 351 g/mol. The third-order valence-corrected chi connectivity index (χ3v) is 5.33. The van der Waals surface area contributed by atoms with Crippen molar-refractivity contribution >= 4 is 5.91 Å². The van der Waals surface area contributed by atoms with Gasteiger partial charge in [-0.1, -0.05) is 12.1 Å². The maximum Gasteiger partial charge on any atom is 0.257 e. The molecule has 0 spiro atoms. The van der Waals surface area contributed by atoms with E-state index in [1.165, 1.54) is 18.3 Å². The maximum atomic E-state index is 13.5. The number of aromatic amines is 1. The molecule has 0 bridgehead atoms. The lowest BCUT2D eigenvalue weighted by Gasteiger charge is -2.43. The minimum atomic E-state index is -0.606. The van der Waals surface area contributed by atoms with Crippen LogP contribution in [-0.2, 0) is 4.74 Å². The van der Waals surface area contributed by atoms with Crippen LogP contribution >= 0.6 is 0 Å². The molecule has 4 rings (SSSR count). The van der Waals surface area contributed by atoms with E-state index in [9.17, 15) is 14.3 Å². The quantitative estimate of drug-likeness (QED) is 0.842. The number of nitrogens with one attached hydrogen (secondary N) is 1. The van der Waals surface area contributed by atoms with Crippen molar-refractivity contribution in [3.8, 4) is 11.3 Å². The number of aliphatic hydroxyl groups is 1. The summed E-state index contributed by atoms with van der Waals surface area (Å²) in [5.41, 5.74) is 1.45. The van der Waals surface area contributed by atoms with Gasteiger partial charge in [-0.05, 0) is 18.6 Å². The Morgan fingerprint density at radius 1 is 1.30 bits per heavy atom. The summed E-state index contributed by atoms with van der Waals surface area (Å²) in [6, 6.07) is 6.09. The average molecular weight is 374 g/mol. The van der Waals surface area contributed by atoms with Gasteiger partial charge >= 0.3 is 0 Å². The molecular formula is C19H23FN4O3. The molecule has 1 aromatic heterocycles. The lowest BCUT2D eigenvalue weighted by molar-refractivity contribution is -0.0478. The van der Waals surface area contributed by atoms with Crippen LogP contribution in [0.25, 0.3) is 11.3 Å². The molecule has 0 unspecified atom stereocenters. The predicted octanol–water partition coefficient (Wildman–Crippen LogP) is 1.12. The van der Waals surface area contributed by atoms with Gasteiger partial charge in [-0.2, -0.15) is 5.10 Å². The van der Waals surface area contributed by atoms with Crippen LogP contribution in [0, 0.1) is 5.82 Å². The fourth-order valence-corrected chi connectivity index (χ4v) is 3.92. The van der Waals surface area contributed by atoms with Crippen LogP contribution in [0.4, 0.5) is 4.39 Å². The number of ether oxygens (including phenoxy) is 1. The molecule has 0 aliphatic carbocycles.